The molecule has 0 bridgehead atoms. The Morgan fingerprint density at radius 3 is 3.06 bits per heavy atom. The van der Waals surface area contributed by atoms with Crippen LogP contribution in [-0.2, 0) is 7.05 Å². The molecule has 0 spiro atoms. The fraction of sp³-hybridized carbons (Fsp3) is 0.111. The molecule has 0 fully saturated rings. The van der Waals surface area contributed by atoms with E-state index in [0.717, 1.165) is 0 Å². The van der Waals surface area contributed by atoms with Crippen LogP contribution in [-0.4, -0.2) is 29.7 Å². The minimum atomic E-state index is 0.169. The SMILES string of the molecule is Cn1ccc(Nc2nc(N)nc3nc[nH]c23)n1. The smallest absolute Gasteiger partial charge is 0.224 e. The zero-order valence-corrected chi connectivity index (χ0v) is 9.05. The number of nitrogens with two attached hydrogens (primary N) is 1. The summed E-state index contributed by atoms with van der Waals surface area (Å²) >= 11 is 0. The van der Waals surface area contributed by atoms with Crippen LogP contribution >= 0.6 is 0 Å². The molecule has 86 valence electrons. The van der Waals surface area contributed by atoms with Gasteiger partial charge in [0.25, 0.3) is 0 Å². The Hall–Kier alpha value is -2.64. The van der Waals surface area contributed by atoms with Crippen molar-refractivity contribution >= 4 is 28.7 Å². The molecule has 0 saturated carbocycles. The Bertz CT molecular complexity index is 666. The number of imidazole rings is 1. The number of hydrogen-bond acceptors (Lipinski definition) is 6. The number of hydrogen-bond donors (Lipinski definition) is 3. The number of nitrogens with one attached hydrogen (secondary N) is 2. The zero-order chi connectivity index (χ0) is 11.8. The Morgan fingerprint density at radius 1 is 1.41 bits per heavy atom. The first-order chi connectivity index (χ1) is 8.22. The molecule has 0 aliphatic rings. The standard InChI is InChI=1S/C9H10N8/c1-17-3-2-5(16-17)13-8-6-7(12-4-11-6)14-9(10)15-8/h2-4H,1H3,(H4,10,11,12,13,14,15,16). The van der Waals surface area contributed by atoms with Crippen molar-refractivity contribution in [2.24, 2.45) is 7.05 Å². The number of aromatic amines is 1. The quantitative estimate of drug-likeness (QED) is 0.588. The molecular weight excluding hydrogens is 220 g/mol. The van der Waals surface area contributed by atoms with Crippen LogP contribution in [0.4, 0.5) is 17.6 Å². The minimum absolute atomic E-state index is 0.169. The van der Waals surface area contributed by atoms with Crippen LogP contribution in [0, 0.1) is 0 Å². The van der Waals surface area contributed by atoms with E-state index in [2.05, 4.69) is 30.4 Å². The van der Waals surface area contributed by atoms with Crippen molar-refractivity contribution < 1.29 is 0 Å². The Kier molecular flexibility index (Phi) is 1.94. The molecule has 0 unspecified atom stereocenters. The van der Waals surface area contributed by atoms with Gasteiger partial charge >= 0.3 is 0 Å². The van der Waals surface area contributed by atoms with Crippen LogP contribution in [0.15, 0.2) is 18.6 Å². The average Bonchev–Trinajstić information content (AvgIpc) is 2.87. The lowest BCUT2D eigenvalue weighted by Crippen LogP contribution is -2.02. The second-order valence-corrected chi connectivity index (χ2v) is 3.53. The number of H-pyrrole nitrogens is 1. The molecule has 17 heavy (non-hydrogen) atoms. The molecule has 0 aromatic carbocycles. The van der Waals surface area contributed by atoms with Gasteiger partial charge in [0.2, 0.25) is 5.95 Å². The lowest BCUT2D eigenvalue weighted by molar-refractivity contribution is 0.771. The molecule has 0 aliphatic carbocycles. The molecule has 3 heterocycles. The number of aryl methyl sites for hydroxylation is 1. The topological polar surface area (TPSA) is 110 Å². The minimum Gasteiger partial charge on any atom is -0.368 e. The van der Waals surface area contributed by atoms with Crippen LogP contribution in [0.25, 0.3) is 11.2 Å². The summed E-state index contributed by atoms with van der Waals surface area (Å²) in [7, 11) is 1.84. The van der Waals surface area contributed by atoms with E-state index in [1.165, 1.54) is 0 Å². The predicted molar refractivity (Wildman–Crippen MR) is 62.6 cm³/mol. The third-order valence-corrected chi connectivity index (χ3v) is 2.26. The summed E-state index contributed by atoms with van der Waals surface area (Å²) in [5, 5.41) is 7.26. The van der Waals surface area contributed by atoms with E-state index >= 15 is 0 Å². The predicted octanol–water partition coefficient (Wildman–Crippen LogP) is 0.412. The summed E-state index contributed by atoms with van der Waals surface area (Å²) < 4.78 is 1.69. The third kappa shape index (κ3) is 1.65. The number of nitrogens with zero attached hydrogens (tertiary/aromatic N) is 5. The van der Waals surface area contributed by atoms with E-state index in [1.54, 1.807) is 11.0 Å². The van der Waals surface area contributed by atoms with Crippen LogP contribution < -0.4 is 11.1 Å². The van der Waals surface area contributed by atoms with E-state index in [0.29, 0.717) is 22.8 Å². The lowest BCUT2D eigenvalue weighted by atomic mass is 10.4. The molecule has 3 aromatic rings. The molecule has 0 radical (unpaired) electrons. The van der Waals surface area contributed by atoms with Crippen LogP contribution in [0.5, 0.6) is 0 Å². The maximum absolute atomic E-state index is 5.60. The van der Waals surface area contributed by atoms with Crippen molar-refractivity contribution in [2.75, 3.05) is 11.1 Å². The highest BCUT2D eigenvalue weighted by molar-refractivity contribution is 5.85. The van der Waals surface area contributed by atoms with Gasteiger partial charge in [-0.15, -0.1) is 0 Å². The molecule has 8 heteroatoms. The van der Waals surface area contributed by atoms with Crippen molar-refractivity contribution in [2.45, 2.75) is 0 Å². The molecular formula is C9H10N8. The number of aromatic nitrogens is 6. The molecule has 0 saturated heterocycles. The maximum Gasteiger partial charge on any atom is 0.224 e. The van der Waals surface area contributed by atoms with Gasteiger partial charge in [-0.1, -0.05) is 0 Å². The molecule has 8 nitrogen and oxygen atoms in total. The first-order valence-corrected chi connectivity index (χ1v) is 4.95. The van der Waals surface area contributed by atoms with Gasteiger partial charge in [-0.05, 0) is 0 Å². The highest BCUT2D eigenvalue weighted by atomic mass is 15.3. The van der Waals surface area contributed by atoms with Crippen molar-refractivity contribution in [3.8, 4) is 0 Å². The molecule has 0 aliphatic heterocycles. The monoisotopic (exact) mass is 230 g/mol. The van der Waals surface area contributed by atoms with Gasteiger partial charge < -0.3 is 16.0 Å². The van der Waals surface area contributed by atoms with Gasteiger partial charge in [-0.3, -0.25) is 4.68 Å². The van der Waals surface area contributed by atoms with E-state index in [1.807, 2.05) is 19.3 Å². The molecule has 3 aromatic heterocycles. The van der Waals surface area contributed by atoms with Gasteiger partial charge in [0.1, 0.15) is 5.52 Å². The van der Waals surface area contributed by atoms with Crippen LogP contribution in [0.3, 0.4) is 0 Å². The normalized spacial score (nSPS) is 10.9. The van der Waals surface area contributed by atoms with Gasteiger partial charge in [-0.2, -0.15) is 15.1 Å². The number of rotatable bonds is 2. The van der Waals surface area contributed by atoms with E-state index in [9.17, 15) is 0 Å². The van der Waals surface area contributed by atoms with Gasteiger partial charge in [0.15, 0.2) is 17.3 Å². The summed E-state index contributed by atoms with van der Waals surface area (Å²) in [6.45, 7) is 0. The Balaban J connectivity index is 2.07. The Labute approximate surface area is 95.9 Å². The van der Waals surface area contributed by atoms with Crippen molar-refractivity contribution in [3.05, 3.63) is 18.6 Å². The largest absolute Gasteiger partial charge is 0.368 e. The molecule has 4 N–H and O–H groups in total. The zero-order valence-electron chi connectivity index (χ0n) is 9.05. The fourth-order valence-corrected chi connectivity index (χ4v) is 1.54. The van der Waals surface area contributed by atoms with Crippen molar-refractivity contribution in [1.82, 2.24) is 29.7 Å². The molecule has 0 atom stereocenters. The van der Waals surface area contributed by atoms with E-state index in [4.69, 9.17) is 5.73 Å². The highest BCUT2D eigenvalue weighted by Gasteiger charge is 2.09. The highest BCUT2D eigenvalue weighted by Crippen LogP contribution is 2.20. The first kappa shape index (κ1) is 9.58. The summed E-state index contributed by atoms with van der Waals surface area (Å²) in [6.07, 6.45) is 3.37. The van der Waals surface area contributed by atoms with Gasteiger partial charge in [-0.25, -0.2) is 4.98 Å². The van der Waals surface area contributed by atoms with Crippen molar-refractivity contribution in [3.63, 3.8) is 0 Å². The average molecular weight is 230 g/mol. The van der Waals surface area contributed by atoms with Crippen LogP contribution in [0.1, 0.15) is 0 Å². The second kappa shape index (κ2) is 3.44. The molecule has 0 amide bonds. The van der Waals surface area contributed by atoms with Crippen molar-refractivity contribution in [1.29, 1.82) is 0 Å². The number of fused-ring (bicyclic) bond motifs is 1. The Morgan fingerprint density at radius 2 is 2.29 bits per heavy atom. The van der Waals surface area contributed by atoms with Gasteiger partial charge in [0, 0.05) is 19.3 Å². The fourth-order valence-electron chi connectivity index (χ4n) is 1.54. The summed E-state index contributed by atoms with van der Waals surface area (Å²) in [6, 6.07) is 1.83. The van der Waals surface area contributed by atoms with E-state index in [-0.39, 0.29) is 5.95 Å². The third-order valence-electron chi connectivity index (χ3n) is 2.26. The summed E-state index contributed by atoms with van der Waals surface area (Å²) in [4.78, 5) is 15.1. The molecule has 3 rings (SSSR count). The first-order valence-electron chi connectivity index (χ1n) is 4.95. The lowest BCUT2D eigenvalue weighted by Gasteiger charge is -2.03. The summed E-state index contributed by atoms with van der Waals surface area (Å²) in [5.74, 6) is 1.41. The van der Waals surface area contributed by atoms with E-state index < -0.39 is 0 Å². The van der Waals surface area contributed by atoms with Crippen LogP contribution in [0.2, 0.25) is 0 Å². The summed E-state index contributed by atoms with van der Waals surface area (Å²) in [5.41, 5.74) is 6.82. The second-order valence-electron chi connectivity index (χ2n) is 3.53. The van der Waals surface area contributed by atoms with Gasteiger partial charge in [0.05, 0.1) is 6.33 Å². The number of anilines is 3. The maximum atomic E-state index is 5.60. The number of nitrogen functional groups attached to an aromatic ring is 1.